The Morgan fingerprint density at radius 3 is 1.83 bits per heavy atom. The number of unbranched alkanes of at least 4 members (excludes halogenated alkanes) is 1. The molecule has 2 N–H and O–H groups in total. The molecule has 5 nitrogen and oxygen atoms in total. The quantitative estimate of drug-likeness (QED) is 0.555. The Hall–Kier alpha value is -1.10. The zero-order valence-corrected chi connectivity index (χ0v) is 13.9. The fraction of sp³-hybridized carbons (Fsp3) is 0.889. The van der Waals surface area contributed by atoms with Gasteiger partial charge in [0.15, 0.2) is 0 Å². The normalized spacial score (nSPS) is 31.5. The van der Waals surface area contributed by atoms with E-state index in [1.165, 1.54) is 0 Å². The molecular formula is C18H30O5. The molecule has 23 heavy (non-hydrogen) atoms. The number of esters is 1. The zero-order valence-electron chi connectivity index (χ0n) is 13.9. The summed E-state index contributed by atoms with van der Waals surface area (Å²) in [6, 6.07) is 0. The highest BCUT2D eigenvalue weighted by Gasteiger charge is 2.34. The first-order valence-corrected chi connectivity index (χ1v) is 9.12. The van der Waals surface area contributed by atoms with Gasteiger partial charge in [-0.15, -0.1) is 0 Å². The molecule has 0 aromatic rings. The number of carbonyl (C=O) groups excluding carboxylic acids is 1. The fourth-order valence-corrected chi connectivity index (χ4v) is 4.17. The van der Waals surface area contributed by atoms with Crippen LogP contribution in [0.5, 0.6) is 0 Å². The monoisotopic (exact) mass is 326 g/mol. The number of aliphatic hydroxyl groups is 1. The van der Waals surface area contributed by atoms with Crippen LogP contribution in [0.1, 0.15) is 64.2 Å². The third-order valence-corrected chi connectivity index (χ3v) is 5.69. The van der Waals surface area contributed by atoms with E-state index in [0.29, 0.717) is 24.9 Å². The highest BCUT2D eigenvalue weighted by molar-refractivity contribution is 5.72. The molecule has 0 atom stereocenters. The molecule has 0 aromatic carbocycles. The first kappa shape index (κ1) is 18.2. The number of carbonyl (C=O) groups is 2. The molecule has 0 radical (unpaired) electrons. The van der Waals surface area contributed by atoms with E-state index in [2.05, 4.69) is 0 Å². The van der Waals surface area contributed by atoms with Crippen LogP contribution >= 0.6 is 0 Å². The lowest BCUT2D eigenvalue weighted by atomic mass is 9.69. The molecule has 2 fully saturated rings. The summed E-state index contributed by atoms with van der Waals surface area (Å²) in [6.45, 7) is 0.561. The van der Waals surface area contributed by atoms with Crippen molar-refractivity contribution in [3.05, 3.63) is 0 Å². The van der Waals surface area contributed by atoms with E-state index in [4.69, 9.17) is 14.9 Å². The molecule has 5 heteroatoms. The van der Waals surface area contributed by atoms with Crippen molar-refractivity contribution in [3.8, 4) is 0 Å². The minimum absolute atomic E-state index is 0.0377. The maximum Gasteiger partial charge on any atom is 0.308 e. The van der Waals surface area contributed by atoms with Crippen molar-refractivity contribution in [1.82, 2.24) is 0 Å². The summed E-state index contributed by atoms with van der Waals surface area (Å²) in [5.74, 6) is 0.481. The Bertz CT molecular complexity index is 379. The van der Waals surface area contributed by atoms with E-state index in [1.807, 2.05) is 0 Å². The number of hydrogen-bond donors (Lipinski definition) is 2. The summed E-state index contributed by atoms with van der Waals surface area (Å²) in [7, 11) is 0. The average molecular weight is 326 g/mol. The van der Waals surface area contributed by atoms with E-state index >= 15 is 0 Å². The summed E-state index contributed by atoms with van der Waals surface area (Å²) in [5, 5.41) is 17.8. The van der Waals surface area contributed by atoms with Gasteiger partial charge in [0.1, 0.15) is 0 Å². The number of ether oxygens (including phenoxy) is 1. The lowest BCUT2D eigenvalue weighted by Gasteiger charge is -2.36. The summed E-state index contributed by atoms with van der Waals surface area (Å²) in [4.78, 5) is 23.0. The molecular weight excluding hydrogens is 296 g/mol. The Morgan fingerprint density at radius 1 is 0.826 bits per heavy atom. The third kappa shape index (κ3) is 5.48. The smallest absolute Gasteiger partial charge is 0.308 e. The third-order valence-electron chi connectivity index (χ3n) is 5.69. The summed E-state index contributed by atoms with van der Waals surface area (Å²) >= 11 is 0. The van der Waals surface area contributed by atoms with Crippen LogP contribution in [0.4, 0.5) is 0 Å². The van der Waals surface area contributed by atoms with E-state index in [-0.39, 0.29) is 24.4 Å². The van der Waals surface area contributed by atoms with Crippen LogP contribution in [0.2, 0.25) is 0 Å². The van der Waals surface area contributed by atoms with Crippen LogP contribution in [-0.2, 0) is 14.3 Å². The largest absolute Gasteiger partial charge is 0.481 e. The molecule has 0 aromatic heterocycles. The van der Waals surface area contributed by atoms with E-state index in [1.54, 1.807) is 0 Å². The van der Waals surface area contributed by atoms with Crippen LogP contribution in [0.15, 0.2) is 0 Å². The lowest BCUT2D eigenvalue weighted by Crippen LogP contribution is -2.30. The number of carboxylic acid groups (broad SMARTS) is 1. The first-order chi connectivity index (χ1) is 11.1. The molecule has 0 spiro atoms. The van der Waals surface area contributed by atoms with Gasteiger partial charge in [-0.25, -0.2) is 0 Å². The van der Waals surface area contributed by atoms with Crippen LogP contribution in [-0.4, -0.2) is 35.4 Å². The maximum absolute atomic E-state index is 12.0. The molecule has 2 aliphatic carbocycles. The van der Waals surface area contributed by atoms with Gasteiger partial charge < -0.3 is 14.9 Å². The highest BCUT2D eigenvalue weighted by Crippen LogP contribution is 2.41. The molecule has 0 unspecified atom stereocenters. The number of aliphatic hydroxyl groups excluding tert-OH is 1. The van der Waals surface area contributed by atoms with Crippen molar-refractivity contribution in [2.45, 2.75) is 64.2 Å². The average Bonchev–Trinajstić information content (AvgIpc) is 2.59. The molecule has 0 aliphatic heterocycles. The second kappa shape index (κ2) is 9.26. The molecule has 2 saturated carbocycles. The summed E-state index contributed by atoms with van der Waals surface area (Å²) in [5.41, 5.74) is 0. The number of aliphatic carboxylic acids is 1. The van der Waals surface area contributed by atoms with E-state index in [0.717, 1.165) is 57.8 Å². The van der Waals surface area contributed by atoms with Gasteiger partial charge >= 0.3 is 11.9 Å². The van der Waals surface area contributed by atoms with Crippen LogP contribution in [0.3, 0.4) is 0 Å². The van der Waals surface area contributed by atoms with E-state index < -0.39 is 5.97 Å². The molecule has 132 valence electrons. The summed E-state index contributed by atoms with van der Waals surface area (Å²) in [6.07, 6.45) is 9.03. The van der Waals surface area contributed by atoms with Crippen LogP contribution < -0.4 is 0 Å². The molecule has 0 saturated heterocycles. The predicted octanol–water partition coefficient (Wildman–Crippen LogP) is 3.00. The predicted molar refractivity (Wildman–Crippen MR) is 85.8 cm³/mol. The Balaban J connectivity index is 1.66. The van der Waals surface area contributed by atoms with Crippen molar-refractivity contribution in [2.75, 3.05) is 13.2 Å². The Kier molecular flexibility index (Phi) is 7.34. The minimum atomic E-state index is -0.642. The van der Waals surface area contributed by atoms with Crippen molar-refractivity contribution in [1.29, 1.82) is 0 Å². The van der Waals surface area contributed by atoms with Gasteiger partial charge in [-0.2, -0.15) is 0 Å². The van der Waals surface area contributed by atoms with Crippen molar-refractivity contribution in [2.24, 2.45) is 23.7 Å². The summed E-state index contributed by atoms with van der Waals surface area (Å²) < 4.78 is 5.29. The first-order valence-electron chi connectivity index (χ1n) is 9.12. The van der Waals surface area contributed by atoms with Gasteiger partial charge in [-0.1, -0.05) is 0 Å². The van der Waals surface area contributed by atoms with E-state index in [9.17, 15) is 9.59 Å². The zero-order chi connectivity index (χ0) is 16.7. The highest BCUT2D eigenvalue weighted by atomic mass is 16.5. The Labute approximate surface area is 138 Å². The molecule has 0 heterocycles. The Morgan fingerprint density at radius 2 is 1.35 bits per heavy atom. The van der Waals surface area contributed by atoms with Crippen LogP contribution in [0.25, 0.3) is 0 Å². The molecule has 2 aliphatic rings. The van der Waals surface area contributed by atoms with Crippen molar-refractivity contribution < 1.29 is 24.5 Å². The van der Waals surface area contributed by atoms with Gasteiger partial charge in [0, 0.05) is 6.61 Å². The maximum atomic E-state index is 12.0. The van der Waals surface area contributed by atoms with Crippen molar-refractivity contribution in [3.63, 3.8) is 0 Å². The van der Waals surface area contributed by atoms with Crippen LogP contribution in [0, 0.1) is 23.7 Å². The standard InChI is InChI=1S/C18H30O5/c19-11-1-2-12-23-18(22)16-9-5-14(6-10-16)13-3-7-15(8-4-13)17(20)21/h13-16,19H,1-12H2,(H,20,21). The van der Waals surface area contributed by atoms with Gasteiger partial charge in [-0.05, 0) is 76.0 Å². The van der Waals surface area contributed by atoms with Gasteiger partial charge in [0.25, 0.3) is 0 Å². The van der Waals surface area contributed by atoms with Gasteiger partial charge in [0.2, 0.25) is 0 Å². The fourth-order valence-electron chi connectivity index (χ4n) is 4.17. The lowest BCUT2D eigenvalue weighted by molar-refractivity contribution is -0.150. The van der Waals surface area contributed by atoms with Crippen molar-refractivity contribution >= 4 is 11.9 Å². The SMILES string of the molecule is O=C(O)C1CCC(C2CCC(C(=O)OCCCCO)CC2)CC1. The van der Waals surface area contributed by atoms with Gasteiger partial charge in [0.05, 0.1) is 18.4 Å². The minimum Gasteiger partial charge on any atom is -0.481 e. The number of carboxylic acids is 1. The molecule has 0 amide bonds. The molecule has 0 bridgehead atoms. The van der Waals surface area contributed by atoms with Gasteiger partial charge in [-0.3, -0.25) is 9.59 Å². The number of rotatable bonds is 7. The second-order valence-corrected chi connectivity index (χ2v) is 7.16. The molecule has 2 rings (SSSR count). The second-order valence-electron chi connectivity index (χ2n) is 7.16. The topological polar surface area (TPSA) is 83.8 Å². The number of hydrogen-bond acceptors (Lipinski definition) is 4.